The van der Waals surface area contributed by atoms with Crippen molar-refractivity contribution in [2.24, 2.45) is 0 Å². The number of benzene rings is 2. The van der Waals surface area contributed by atoms with Gasteiger partial charge in [0.2, 0.25) is 12.3 Å². The van der Waals surface area contributed by atoms with Gasteiger partial charge in [0, 0.05) is 22.2 Å². The van der Waals surface area contributed by atoms with Crippen LogP contribution in [-0.4, -0.2) is 18.4 Å². The van der Waals surface area contributed by atoms with Crippen LogP contribution in [0, 0.1) is 6.92 Å². The first-order valence-corrected chi connectivity index (χ1v) is 7.77. The smallest absolute Gasteiger partial charge is 0.247 e. The maximum absolute atomic E-state index is 12.4. The number of nitrogens with one attached hydrogen (secondary N) is 2. The Labute approximate surface area is 144 Å². The summed E-state index contributed by atoms with van der Waals surface area (Å²) in [6.07, 6.45) is 0.812. The molecule has 0 aromatic heterocycles. The lowest BCUT2D eigenvalue weighted by Crippen LogP contribution is -2.41. The number of carbonyl (C=O) groups excluding carboxylic acids is 2. The standard InChI is InChI=1S/C17H16Cl2N2O2/c1-11-8-13(18)6-7-15(11)21-17(23)16(20-10-22)9-12-4-2-3-5-14(12)19/h2-8,10,16H,9H2,1H3,(H,20,22)(H,21,23). The molecule has 2 aromatic carbocycles. The van der Waals surface area contributed by atoms with Crippen molar-refractivity contribution in [3.63, 3.8) is 0 Å². The third-order valence-corrected chi connectivity index (χ3v) is 4.02. The van der Waals surface area contributed by atoms with Crippen molar-refractivity contribution < 1.29 is 9.59 Å². The molecule has 0 aliphatic rings. The monoisotopic (exact) mass is 350 g/mol. The minimum Gasteiger partial charge on any atom is -0.347 e. The van der Waals surface area contributed by atoms with Gasteiger partial charge in [-0.2, -0.15) is 0 Å². The molecule has 0 aliphatic heterocycles. The lowest BCUT2D eigenvalue weighted by Gasteiger charge is -2.17. The van der Waals surface area contributed by atoms with Crippen molar-refractivity contribution >= 4 is 41.2 Å². The Hall–Kier alpha value is -2.04. The second-order valence-corrected chi connectivity index (χ2v) is 5.92. The van der Waals surface area contributed by atoms with E-state index in [1.807, 2.05) is 25.1 Å². The van der Waals surface area contributed by atoms with Gasteiger partial charge in [-0.15, -0.1) is 0 Å². The van der Waals surface area contributed by atoms with E-state index in [1.165, 1.54) is 0 Å². The topological polar surface area (TPSA) is 58.2 Å². The summed E-state index contributed by atoms with van der Waals surface area (Å²) in [7, 11) is 0. The van der Waals surface area contributed by atoms with E-state index >= 15 is 0 Å². The lowest BCUT2D eigenvalue weighted by molar-refractivity contribution is -0.121. The van der Waals surface area contributed by atoms with Gasteiger partial charge in [-0.05, 0) is 42.3 Å². The Kier molecular flexibility index (Phi) is 6.02. The molecule has 0 radical (unpaired) electrons. The highest BCUT2D eigenvalue weighted by Gasteiger charge is 2.20. The zero-order chi connectivity index (χ0) is 16.8. The summed E-state index contributed by atoms with van der Waals surface area (Å²) in [5.41, 5.74) is 2.28. The number of anilines is 1. The van der Waals surface area contributed by atoms with E-state index in [9.17, 15) is 9.59 Å². The highest BCUT2D eigenvalue weighted by Crippen LogP contribution is 2.21. The summed E-state index contributed by atoms with van der Waals surface area (Å²) in [5.74, 6) is -0.317. The van der Waals surface area contributed by atoms with Crippen molar-refractivity contribution in [1.29, 1.82) is 0 Å². The van der Waals surface area contributed by atoms with Crippen molar-refractivity contribution in [2.45, 2.75) is 19.4 Å². The van der Waals surface area contributed by atoms with Crippen LogP contribution < -0.4 is 10.6 Å². The molecule has 23 heavy (non-hydrogen) atoms. The van der Waals surface area contributed by atoms with Gasteiger partial charge in [-0.3, -0.25) is 9.59 Å². The molecule has 2 rings (SSSR count). The van der Waals surface area contributed by atoms with Crippen LogP contribution in [0.15, 0.2) is 42.5 Å². The van der Waals surface area contributed by atoms with Crippen LogP contribution >= 0.6 is 23.2 Å². The van der Waals surface area contributed by atoms with Crippen LogP contribution in [0.4, 0.5) is 5.69 Å². The predicted molar refractivity (Wildman–Crippen MR) is 93.0 cm³/mol. The highest BCUT2D eigenvalue weighted by atomic mass is 35.5. The van der Waals surface area contributed by atoms with Gasteiger partial charge in [-0.25, -0.2) is 0 Å². The van der Waals surface area contributed by atoms with E-state index < -0.39 is 6.04 Å². The molecule has 0 spiro atoms. The molecule has 4 nitrogen and oxygen atoms in total. The molecular formula is C17H16Cl2N2O2. The summed E-state index contributed by atoms with van der Waals surface area (Å²) in [5, 5.41) is 6.48. The predicted octanol–water partition coefficient (Wildman–Crippen LogP) is 3.60. The van der Waals surface area contributed by atoms with Gasteiger partial charge >= 0.3 is 0 Å². The molecule has 0 aliphatic carbocycles. The molecule has 2 aromatic rings. The molecule has 0 saturated carbocycles. The molecule has 1 atom stereocenters. The highest BCUT2D eigenvalue weighted by molar-refractivity contribution is 6.31. The average Bonchev–Trinajstić information content (AvgIpc) is 2.51. The average molecular weight is 351 g/mol. The van der Waals surface area contributed by atoms with E-state index in [0.717, 1.165) is 11.1 Å². The largest absolute Gasteiger partial charge is 0.347 e. The zero-order valence-corrected chi connectivity index (χ0v) is 14.0. The van der Waals surface area contributed by atoms with Gasteiger partial charge in [0.1, 0.15) is 6.04 Å². The van der Waals surface area contributed by atoms with Crippen LogP contribution in [0.25, 0.3) is 0 Å². The van der Waals surface area contributed by atoms with Gasteiger partial charge in [0.25, 0.3) is 0 Å². The van der Waals surface area contributed by atoms with Crippen LogP contribution in [0.3, 0.4) is 0 Å². The van der Waals surface area contributed by atoms with Gasteiger partial charge < -0.3 is 10.6 Å². The first kappa shape index (κ1) is 17.3. The van der Waals surface area contributed by atoms with Crippen LogP contribution in [0.2, 0.25) is 10.0 Å². The molecule has 2 amide bonds. The first-order chi connectivity index (χ1) is 11.0. The van der Waals surface area contributed by atoms with Gasteiger partial charge in [0.15, 0.2) is 0 Å². The Morgan fingerprint density at radius 3 is 2.61 bits per heavy atom. The van der Waals surface area contributed by atoms with Crippen molar-refractivity contribution in [3.05, 3.63) is 63.6 Å². The summed E-state index contributed by atoms with van der Waals surface area (Å²) in [4.78, 5) is 23.3. The molecular weight excluding hydrogens is 335 g/mol. The van der Waals surface area contributed by atoms with E-state index in [0.29, 0.717) is 28.6 Å². The normalized spacial score (nSPS) is 11.6. The summed E-state index contributed by atoms with van der Waals surface area (Å²) >= 11 is 12.0. The van der Waals surface area contributed by atoms with E-state index in [4.69, 9.17) is 23.2 Å². The Balaban J connectivity index is 2.15. The lowest BCUT2D eigenvalue weighted by atomic mass is 10.0. The van der Waals surface area contributed by atoms with E-state index in [-0.39, 0.29) is 5.91 Å². The number of carbonyl (C=O) groups is 2. The quantitative estimate of drug-likeness (QED) is 0.782. The number of aryl methyl sites for hydroxylation is 1. The molecule has 1 unspecified atom stereocenters. The second kappa shape index (κ2) is 7.99. The molecule has 0 fully saturated rings. The molecule has 6 heteroatoms. The summed E-state index contributed by atoms with van der Waals surface area (Å²) in [6.45, 7) is 1.84. The van der Waals surface area contributed by atoms with Crippen LogP contribution in [-0.2, 0) is 16.0 Å². The Morgan fingerprint density at radius 2 is 1.96 bits per heavy atom. The molecule has 120 valence electrons. The van der Waals surface area contributed by atoms with E-state index in [2.05, 4.69) is 10.6 Å². The van der Waals surface area contributed by atoms with Gasteiger partial charge in [0.05, 0.1) is 0 Å². The van der Waals surface area contributed by atoms with Crippen molar-refractivity contribution in [3.8, 4) is 0 Å². The fourth-order valence-electron chi connectivity index (χ4n) is 2.18. The zero-order valence-electron chi connectivity index (χ0n) is 12.5. The molecule has 0 saturated heterocycles. The number of halogens is 2. The Morgan fingerprint density at radius 1 is 1.22 bits per heavy atom. The van der Waals surface area contributed by atoms with Crippen molar-refractivity contribution in [2.75, 3.05) is 5.32 Å². The van der Waals surface area contributed by atoms with Crippen molar-refractivity contribution in [1.82, 2.24) is 5.32 Å². The minimum atomic E-state index is -0.720. The number of hydrogen-bond donors (Lipinski definition) is 2. The van der Waals surface area contributed by atoms with E-state index in [1.54, 1.807) is 24.3 Å². The maximum Gasteiger partial charge on any atom is 0.247 e. The van der Waals surface area contributed by atoms with Gasteiger partial charge in [-0.1, -0.05) is 41.4 Å². The summed E-state index contributed by atoms with van der Waals surface area (Å²) in [6, 6.07) is 11.7. The number of amides is 2. The molecule has 2 N–H and O–H groups in total. The summed E-state index contributed by atoms with van der Waals surface area (Å²) < 4.78 is 0. The third kappa shape index (κ3) is 4.71. The second-order valence-electron chi connectivity index (χ2n) is 5.08. The SMILES string of the molecule is Cc1cc(Cl)ccc1NC(=O)C(Cc1ccccc1Cl)NC=O. The maximum atomic E-state index is 12.4. The Bertz CT molecular complexity index is 719. The number of rotatable bonds is 6. The third-order valence-electron chi connectivity index (χ3n) is 3.41. The van der Waals surface area contributed by atoms with Crippen LogP contribution in [0.1, 0.15) is 11.1 Å². The molecule has 0 heterocycles. The fraction of sp³-hybridized carbons (Fsp3) is 0.176. The number of hydrogen-bond acceptors (Lipinski definition) is 2. The molecule has 0 bridgehead atoms. The fourth-order valence-corrected chi connectivity index (χ4v) is 2.62. The minimum absolute atomic E-state index is 0.302. The first-order valence-electron chi connectivity index (χ1n) is 7.01. The van der Waals surface area contributed by atoms with Crippen LogP contribution in [0.5, 0.6) is 0 Å².